The molecule has 2 aromatic heterocycles. The molecule has 0 saturated carbocycles. The number of aromatic amines is 1. The van der Waals surface area contributed by atoms with Crippen molar-refractivity contribution in [2.75, 3.05) is 6.54 Å². The van der Waals surface area contributed by atoms with Crippen molar-refractivity contribution in [3.8, 4) is 5.75 Å². The fraction of sp³-hybridized carbons (Fsp3) is 0.161. The number of amides is 1. The van der Waals surface area contributed by atoms with Crippen LogP contribution in [0.25, 0.3) is 10.9 Å². The van der Waals surface area contributed by atoms with Crippen LogP contribution in [0, 0.1) is 0 Å². The molecule has 0 aliphatic carbocycles. The van der Waals surface area contributed by atoms with Crippen LogP contribution in [0.15, 0.2) is 109 Å². The molecule has 3 aromatic carbocycles. The van der Waals surface area contributed by atoms with Gasteiger partial charge in [0.05, 0.1) is 0 Å². The second-order valence-corrected chi connectivity index (χ2v) is 8.81. The number of hydrogen-bond acceptors (Lipinski definition) is 3. The zero-order valence-electron chi connectivity index (χ0n) is 20.1. The van der Waals surface area contributed by atoms with E-state index in [2.05, 4.69) is 39.6 Å². The quantitative estimate of drug-likeness (QED) is 0.259. The highest BCUT2D eigenvalue weighted by Crippen LogP contribution is 2.35. The molecule has 5 rings (SSSR count). The number of carbonyl (C=O) groups excluding carboxylic acids is 1. The molecular formula is C31H29N3O2. The minimum atomic E-state index is -0.115. The average molecular weight is 476 g/mol. The third-order valence-corrected chi connectivity index (χ3v) is 6.32. The number of hydrogen-bond donors (Lipinski definition) is 2. The summed E-state index contributed by atoms with van der Waals surface area (Å²) in [7, 11) is 0. The van der Waals surface area contributed by atoms with E-state index in [9.17, 15) is 4.79 Å². The van der Waals surface area contributed by atoms with Gasteiger partial charge in [0, 0.05) is 54.3 Å². The molecule has 0 aliphatic rings. The summed E-state index contributed by atoms with van der Waals surface area (Å²) in [5.41, 5.74) is 5.29. The van der Waals surface area contributed by atoms with E-state index >= 15 is 0 Å². The van der Waals surface area contributed by atoms with Crippen LogP contribution in [0.3, 0.4) is 0 Å². The third-order valence-electron chi connectivity index (χ3n) is 6.32. The van der Waals surface area contributed by atoms with E-state index in [1.165, 1.54) is 0 Å². The normalized spacial score (nSPS) is 11.8. The Hall–Kier alpha value is -4.38. The maximum atomic E-state index is 13.1. The molecule has 2 heterocycles. The summed E-state index contributed by atoms with van der Waals surface area (Å²) in [6.07, 6.45) is 4.84. The van der Waals surface area contributed by atoms with Crippen LogP contribution < -0.4 is 10.1 Å². The van der Waals surface area contributed by atoms with Gasteiger partial charge in [0.1, 0.15) is 12.4 Å². The summed E-state index contributed by atoms with van der Waals surface area (Å²) in [6, 6.07) is 32.2. The molecule has 0 radical (unpaired) electrons. The second kappa shape index (κ2) is 11.4. The molecule has 2 N–H and O–H groups in total. The van der Waals surface area contributed by atoms with E-state index in [-0.39, 0.29) is 11.8 Å². The number of aromatic nitrogens is 2. The molecule has 1 amide bonds. The first-order valence-electron chi connectivity index (χ1n) is 12.3. The van der Waals surface area contributed by atoms with Gasteiger partial charge in [0.2, 0.25) is 5.91 Å². The fourth-order valence-electron chi connectivity index (χ4n) is 4.49. The van der Waals surface area contributed by atoms with Crippen LogP contribution in [0.1, 0.15) is 34.7 Å². The lowest BCUT2D eigenvalue weighted by atomic mass is 9.88. The van der Waals surface area contributed by atoms with Gasteiger partial charge in [-0.05, 0) is 47.0 Å². The van der Waals surface area contributed by atoms with Crippen LogP contribution in [-0.2, 0) is 17.8 Å². The Bertz CT molecular complexity index is 1410. The topological polar surface area (TPSA) is 67.0 Å². The van der Waals surface area contributed by atoms with Gasteiger partial charge in [-0.15, -0.1) is 0 Å². The highest BCUT2D eigenvalue weighted by Gasteiger charge is 2.22. The molecule has 180 valence electrons. The first-order chi connectivity index (χ1) is 17.8. The zero-order chi connectivity index (χ0) is 24.6. The van der Waals surface area contributed by atoms with Crippen molar-refractivity contribution in [2.24, 2.45) is 0 Å². The number of para-hydroxylation sites is 1. The molecule has 0 aliphatic heterocycles. The van der Waals surface area contributed by atoms with Crippen molar-refractivity contribution in [2.45, 2.75) is 25.4 Å². The van der Waals surface area contributed by atoms with E-state index in [0.717, 1.165) is 39.0 Å². The minimum absolute atomic E-state index is 0.0109. The zero-order valence-corrected chi connectivity index (χ0v) is 20.1. The Labute approximate surface area is 211 Å². The average Bonchev–Trinajstić information content (AvgIpc) is 3.36. The first-order valence-corrected chi connectivity index (χ1v) is 12.3. The Kier molecular flexibility index (Phi) is 7.38. The number of H-pyrrole nitrogens is 1. The number of benzene rings is 3. The molecule has 1 unspecified atom stereocenters. The molecule has 5 aromatic rings. The summed E-state index contributed by atoms with van der Waals surface area (Å²) in [5.74, 6) is 0.685. The number of nitrogens with zero attached hydrogens (tertiary/aromatic N) is 1. The molecule has 0 bridgehead atoms. The summed E-state index contributed by atoms with van der Waals surface area (Å²) in [6.45, 7) is 1.05. The van der Waals surface area contributed by atoms with Gasteiger partial charge < -0.3 is 15.0 Å². The molecule has 0 saturated heterocycles. The van der Waals surface area contributed by atoms with E-state index in [0.29, 0.717) is 26.0 Å². The molecule has 36 heavy (non-hydrogen) atoms. The SMILES string of the molecule is O=C(CC(c1cccc(OCc2ccccc2)c1)c1c[nH]c2ccccc12)NCCc1ccccn1. The van der Waals surface area contributed by atoms with Gasteiger partial charge in [-0.2, -0.15) is 0 Å². The van der Waals surface area contributed by atoms with Gasteiger partial charge in [-0.1, -0.05) is 66.7 Å². The predicted molar refractivity (Wildman–Crippen MR) is 143 cm³/mol. The van der Waals surface area contributed by atoms with Gasteiger partial charge in [-0.3, -0.25) is 9.78 Å². The Balaban J connectivity index is 1.35. The predicted octanol–water partition coefficient (Wildman–Crippen LogP) is 6.02. The minimum Gasteiger partial charge on any atom is -0.489 e. The standard InChI is InChI=1S/C31H29N3O2/c35-31(33-18-16-25-12-6-7-17-32-25)20-28(29-21-34-30-15-5-4-14-27(29)30)24-11-8-13-26(19-24)36-22-23-9-2-1-3-10-23/h1-15,17,19,21,28,34H,16,18,20,22H2,(H,33,35). The molecule has 5 nitrogen and oxygen atoms in total. The lowest BCUT2D eigenvalue weighted by molar-refractivity contribution is -0.121. The van der Waals surface area contributed by atoms with Crippen LogP contribution >= 0.6 is 0 Å². The smallest absolute Gasteiger partial charge is 0.220 e. The van der Waals surface area contributed by atoms with Gasteiger partial charge >= 0.3 is 0 Å². The molecule has 1 atom stereocenters. The number of nitrogens with one attached hydrogen (secondary N) is 2. The van der Waals surface area contributed by atoms with Crippen molar-refractivity contribution in [1.29, 1.82) is 0 Å². The summed E-state index contributed by atoms with van der Waals surface area (Å²) in [4.78, 5) is 20.8. The van der Waals surface area contributed by atoms with E-state index in [1.807, 2.05) is 79.0 Å². The molecule has 5 heteroatoms. The number of fused-ring (bicyclic) bond motifs is 1. The summed E-state index contributed by atoms with van der Waals surface area (Å²) in [5, 5.41) is 4.21. The fourth-order valence-corrected chi connectivity index (χ4v) is 4.49. The first kappa shape index (κ1) is 23.4. The lowest BCUT2D eigenvalue weighted by Crippen LogP contribution is -2.27. The Morgan fingerprint density at radius 2 is 1.75 bits per heavy atom. The monoisotopic (exact) mass is 475 g/mol. The number of ether oxygens (including phenoxy) is 1. The van der Waals surface area contributed by atoms with Crippen LogP contribution in [-0.4, -0.2) is 22.4 Å². The number of carbonyl (C=O) groups is 1. The summed E-state index contributed by atoms with van der Waals surface area (Å²) >= 11 is 0. The third kappa shape index (κ3) is 5.81. The van der Waals surface area contributed by atoms with E-state index < -0.39 is 0 Å². The Morgan fingerprint density at radius 3 is 2.61 bits per heavy atom. The maximum absolute atomic E-state index is 13.1. The molecular weight excluding hydrogens is 446 g/mol. The van der Waals surface area contributed by atoms with Crippen molar-refractivity contribution in [3.63, 3.8) is 0 Å². The Morgan fingerprint density at radius 1 is 0.917 bits per heavy atom. The highest BCUT2D eigenvalue weighted by atomic mass is 16.5. The number of pyridine rings is 1. The lowest BCUT2D eigenvalue weighted by Gasteiger charge is -2.18. The van der Waals surface area contributed by atoms with Crippen molar-refractivity contribution in [1.82, 2.24) is 15.3 Å². The van der Waals surface area contributed by atoms with Crippen molar-refractivity contribution in [3.05, 3.63) is 132 Å². The van der Waals surface area contributed by atoms with Crippen molar-refractivity contribution < 1.29 is 9.53 Å². The molecule has 0 spiro atoms. The van der Waals surface area contributed by atoms with Crippen molar-refractivity contribution >= 4 is 16.8 Å². The van der Waals surface area contributed by atoms with Crippen LogP contribution in [0.4, 0.5) is 0 Å². The maximum Gasteiger partial charge on any atom is 0.220 e. The van der Waals surface area contributed by atoms with E-state index in [4.69, 9.17) is 4.74 Å². The van der Waals surface area contributed by atoms with Crippen LogP contribution in [0.2, 0.25) is 0 Å². The van der Waals surface area contributed by atoms with Gasteiger partial charge in [-0.25, -0.2) is 0 Å². The highest BCUT2D eigenvalue weighted by molar-refractivity contribution is 5.86. The van der Waals surface area contributed by atoms with Crippen LogP contribution in [0.5, 0.6) is 5.75 Å². The summed E-state index contributed by atoms with van der Waals surface area (Å²) < 4.78 is 6.09. The van der Waals surface area contributed by atoms with Gasteiger partial charge in [0.25, 0.3) is 0 Å². The van der Waals surface area contributed by atoms with E-state index in [1.54, 1.807) is 6.20 Å². The number of rotatable bonds is 10. The largest absolute Gasteiger partial charge is 0.489 e. The molecule has 0 fully saturated rings. The van der Waals surface area contributed by atoms with Gasteiger partial charge in [0.15, 0.2) is 0 Å². The second-order valence-electron chi connectivity index (χ2n) is 8.81.